The van der Waals surface area contributed by atoms with Crippen LogP contribution in [0.4, 0.5) is 0 Å². The van der Waals surface area contributed by atoms with Crippen molar-refractivity contribution >= 4 is 17.7 Å². The third kappa shape index (κ3) is 3.97. The number of amides is 1. The first-order chi connectivity index (χ1) is 10.8. The number of aliphatic carboxylic acids is 1. The number of Topliss-reactive ketones (excluding diaryl/α,β-unsaturated/α-hetero) is 1. The summed E-state index contributed by atoms with van der Waals surface area (Å²) in [6.07, 6.45) is 0.289. The van der Waals surface area contributed by atoms with E-state index in [0.29, 0.717) is 12.1 Å². The highest BCUT2D eigenvalue weighted by Crippen LogP contribution is 2.24. The number of carboxylic acids is 1. The maximum absolute atomic E-state index is 12.3. The summed E-state index contributed by atoms with van der Waals surface area (Å²) in [5, 5.41) is 9.11. The predicted octanol–water partition coefficient (Wildman–Crippen LogP) is 2.45. The predicted molar refractivity (Wildman–Crippen MR) is 86.4 cm³/mol. The molecule has 1 saturated heterocycles. The highest BCUT2D eigenvalue weighted by molar-refractivity contribution is 5.99. The normalized spacial score (nSPS) is 20.6. The summed E-state index contributed by atoms with van der Waals surface area (Å²) >= 11 is 0. The second-order valence-electron chi connectivity index (χ2n) is 6.46. The fourth-order valence-electron chi connectivity index (χ4n) is 3.04. The van der Waals surface area contributed by atoms with Gasteiger partial charge in [-0.05, 0) is 31.4 Å². The van der Waals surface area contributed by atoms with Gasteiger partial charge < -0.3 is 10.0 Å². The van der Waals surface area contributed by atoms with Crippen LogP contribution < -0.4 is 0 Å². The molecule has 2 rings (SSSR count). The Balaban J connectivity index is 1.93. The fourth-order valence-corrected chi connectivity index (χ4v) is 3.04. The lowest BCUT2D eigenvalue weighted by Crippen LogP contribution is -2.30. The SMILES string of the molecule is Cc1ccc(C)c(C(=O)CCC(=O)N2C[C@@H](C)[C@H](C(=O)O)C2)c1. The molecule has 1 N–H and O–H groups in total. The lowest BCUT2D eigenvalue weighted by molar-refractivity contribution is -0.142. The number of likely N-dealkylation sites (tertiary alicyclic amines) is 1. The van der Waals surface area contributed by atoms with Crippen LogP contribution in [0.1, 0.15) is 41.3 Å². The van der Waals surface area contributed by atoms with Crippen LogP contribution in [0.25, 0.3) is 0 Å². The van der Waals surface area contributed by atoms with E-state index in [0.717, 1.165) is 11.1 Å². The maximum Gasteiger partial charge on any atom is 0.308 e. The van der Waals surface area contributed by atoms with E-state index >= 15 is 0 Å². The Morgan fingerprint density at radius 1 is 1.17 bits per heavy atom. The zero-order valence-electron chi connectivity index (χ0n) is 13.8. The Kier molecular flexibility index (Phi) is 5.19. The van der Waals surface area contributed by atoms with Crippen LogP contribution in [0.3, 0.4) is 0 Å². The molecule has 1 aromatic carbocycles. The zero-order valence-corrected chi connectivity index (χ0v) is 13.8. The van der Waals surface area contributed by atoms with Crippen LogP contribution in [-0.4, -0.2) is 40.8 Å². The Bertz CT molecular complexity index is 638. The van der Waals surface area contributed by atoms with Gasteiger partial charge in [0.05, 0.1) is 5.92 Å². The Hall–Kier alpha value is -2.17. The van der Waals surface area contributed by atoms with E-state index in [1.165, 1.54) is 0 Å². The molecule has 5 nitrogen and oxygen atoms in total. The topological polar surface area (TPSA) is 74.7 Å². The van der Waals surface area contributed by atoms with Gasteiger partial charge in [0.25, 0.3) is 0 Å². The highest BCUT2D eigenvalue weighted by Gasteiger charge is 2.36. The third-order valence-electron chi connectivity index (χ3n) is 4.54. The van der Waals surface area contributed by atoms with Crippen LogP contribution in [0.15, 0.2) is 18.2 Å². The van der Waals surface area contributed by atoms with E-state index in [-0.39, 0.29) is 37.0 Å². The van der Waals surface area contributed by atoms with E-state index in [1.54, 1.807) is 4.90 Å². The van der Waals surface area contributed by atoms with E-state index < -0.39 is 11.9 Å². The molecule has 0 radical (unpaired) electrons. The van der Waals surface area contributed by atoms with Crippen molar-refractivity contribution in [1.29, 1.82) is 0 Å². The molecule has 5 heteroatoms. The molecule has 0 saturated carbocycles. The molecular weight excluding hydrogens is 294 g/mol. The average Bonchev–Trinajstić information content (AvgIpc) is 2.89. The standard InChI is InChI=1S/C18H23NO4/c1-11-4-5-12(2)14(8-11)16(20)6-7-17(21)19-9-13(3)15(10-19)18(22)23/h4-5,8,13,15H,6-7,9-10H2,1-3H3,(H,22,23)/t13-,15-/m1/s1. The van der Waals surface area contributed by atoms with Crippen molar-refractivity contribution in [2.45, 2.75) is 33.6 Å². The number of benzene rings is 1. The van der Waals surface area contributed by atoms with Gasteiger partial charge in [-0.25, -0.2) is 0 Å². The fraction of sp³-hybridized carbons (Fsp3) is 0.500. The largest absolute Gasteiger partial charge is 0.481 e. The molecule has 0 bridgehead atoms. The summed E-state index contributed by atoms with van der Waals surface area (Å²) < 4.78 is 0. The molecule has 0 aromatic heterocycles. The number of hydrogen-bond acceptors (Lipinski definition) is 3. The van der Waals surface area contributed by atoms with Gasteiger partial charge in [0, 0.05) is 31.5 Å². The van der Waals surface area contributed by atoms with E-state index in [4.69, 9.17) is 5.11 Å². The molecule has 2 atom stereocenters. The molecule has 1 aliphatic heterocycles. The molecule has 1 amide bonds. The molecule has 1 heterocycles. The Morgan fingerprint density at radius 2 is 1.87 bits per heavy atom. The van der Waals surface area contributed by atoms with Crippen LogP contribution in [0.2, 0.25) is 0 Å². The molecule has 1 aliphatic rings. The van der Waals surface area contributed by atoms with E-state index in [1.807, 2.05) is 39.0 Å². The van der Waals surface area contributed by atoms with Gasteiger partial charge >= 0.3 is 5.97 Å². The molecule has 1 fully saturated rings. The van der Waals surface area contributed by atoms with Gasteiger partial charge in [-0.2, -0.15) is 0 Å². The number of carbonyl (C=O) groups excluding carboxylic acids is 2. The number of carbonyl (C=O) groups is 3. The van der Waals surface area contributed by atoms with Crippen LogP contribution in [0.5, 0.6) is 0 Å². The van der Waals surface area contributed by atoms with Crippen molar-refractivity contribution in [2.75, 3.05) is 13.1 Å². The van der Waals surface area contributed by atoms with Crippen molar-refractivity contribution in [2.24, 2.45) is 11.8 Å². The Morgan fingerprint density at radius 3 is 2.48 bits per heavy atom. The van der Waals surface area contributed by atoms with Gasteiger partial charge in [0.15, 0.2) is 5.78 Å². The number of hydrogen-bond donors (Lipinski definition) is 1. The smallest absolute Gasteiger partial charge is 0.308 e. The number of carboxylic acid groups (broad SMARTS) is 1. The molecule has 0 aliphatic carbocycles. The van der Waals surface area contributed by atoms with Gasteiger partial charge in [0.1, 0.15) is 0 Å². The summed E-state index contributed by atoms with van der Waals surface area (Å²) in [6, 6.07) is 5.71. The van der Waals surface area contributed by atoms with E-state index in [2.05, 4.69) is 0 Å². The van der Waals surface area contributed by atoms with Crippen molar-refractivity contribution in [1.82, 2.24) is 4.90 Å². The Labute approximate surface area is 136 Å². The second-order valence-corrected chi connectivity index (χ2v) is 6.46. The first-order valence-electron chi connectivity index (χ1n) is 7.90. The second kappa shape index (κ2) is 6.94. The summed E-state index contributed by atoms with van der Waals surface area (Å²) in [4.78, 5) is 37.2. The van der Waals surface area contributed by atoms with Gasteiger partial charge in [-0.1, -0.05) is 24.6 Å². The molecule has 0 unspecified atom stereocenters. The summed E-state index contributed by atoms with van der Waals surface area (Å²) in [6.45, 7) is 6.35. The minimum Gasteiger partial charge on any atom is -0.481 e. The first-order valence-corrected chi connectivity index (χ1v) is 7.90. The number of rotatable bonds is 5. The van der Waals surface area contributed by atoms with Crippen molar-refractivity contribution in [3.8, 4) is 0 Å². The average molecular weight is 317 g/mol. The number of nitrogens with zero attached hydrogens (tertiary/aromatic N) is 1. The zero-order chi connectivity index (χ0) is 17.1. The quantitative estimate of drug-likeness (QED) is 0.847. The molecule has 1 aromatic rings. The van der Waals surface area contributed by atoms with Crippen molar-refractivity contribution in [3.63, 3.8) is 0 Å². The molecule has 124 valence electrons. The van der Waals surface area contributed by atoms with Crippen LogP contribution in [0, 0.1) is 25.7 Å². The number of ketones is 1. The lowest BCUT2D eigenvalue weighted by Gasteiger charge is -2.15. The van der Waals surface area contributed by atoms with Crippen molar-refractivity contribution < 1.29 is 19.5 Å². The third-order valence-corrected chi connectivity index (χ3v) is 4.54. The molecule has 23 heavy (non-hydrogen) atoms. The summed E-state index contributed by atoms with van der Waals surface area (Å²) in [5.41, 5.74) is 2.59. The van der Waals surface area contributed by atoms with E-state index in [9.17, 15) is 14.4 Å². The van der Waals surface area contributed by atoms with Gasteiger partial charge in [-0.3, -0.25) is 14.4 Å². The van der Waals surface area contributed by atoms with Gasteiger partial charge in [0.2, 0.25) is 5.91 Å². The van der Waals surface area contributed by atoms with Crippen LogP contribution >= 0.6 is 0 Å². The highest BCUT2D eigenvalue weighted by atomic mass is 16.4. The minimum absolute atomic E-state index is 0.0402. The molecular formula is C18H23NO4. The van der Waals surface area contributed by atoms with Crippen molar-refractivity contribution in [3.05, 3.63) is 34.9 Å². The lowest BCUT2D eigenvalue weighted by atomic mass is 9.99. The first kappa shape index (κ1) is 17.2. The molecule has 0 spiro atoms. The number of aryl methyl sites for hydroxylation is 2. The summed E-state index contributed by atoms with van der Waals surface area (Å²) in [7, 11) is 0. The summed E-state index contributed by atoms with van der Waals surface area (Å²) in [5.74, 6) is -1.60. The van der Waals surface area contributed by atoms with Gasteiger partial charge in [-0.15, -0.1) is 0 Å². The monoisotopic (exact) mass is 317 g/mol. The maximum atomic E-state index is 12.3. The minimum atomic E-state index is -0.862. The van der Waals surface area contributed by atoms with Crippen LogP contribution in [-0.2, 0) is 9.59 Å².